The molecule has 2 aliphatic carbocycles. The third kappa shape index (κ3) is 8.31. The number of nitrogens with zero attached hydrogens (tertiary/aromatic N) is 2. The van der Waals surface area contributed by atoms with Crippen molar-refractivity contribution >= 4 is 39.9 Å². The Morgan fingerprint density at radius 3 is 2.53 bits per heavy atom. The second-order valence-corrected chi connectivity index (χ2v) is 17.2. The van der Waals surface area contributed by atoms with Crippen LogP contribution in [0.3, 0.4) is 0 Å². The lowest BCUT2D eigenvalue weighted by atomic mass is 10.0. The van der Waals surface area contributed by atoms with Crippen molar-refractivity contribution in [3.63, 3.8) is 0 Å². The van der Waals surface area contributed by atoms with Gasteiger partial charge in [-0.1, -0.05) is 37.1 Å². The number of alkyl carbamates (subject to hydrolysis) is 1. The van der Waals surface area contributed by atoms with Gasteiger partial charge in [0.25, 0.3) is 5.91 Å². The van der Waals surface area contributed by atoms with Crippen LogP contribution in [0, 0.1) is 11.7 Å². The SMILES string of the molecule is CC(C)(C)OC(=O)NC1CCCCC/C=C\[C@@H]2CC2(C(=O)NS(=O)(=O)C2CC2)NC(=O)C2CC(OC(=O)N3Cc4cccc(F)c4C3)CN2C1=O. The van der Waals surface area contributed by atoms with Crippen molar-refractivity contribution in [1.82, 2.24) is 25.2 Å². The van der Waals surface area contributed by atoms with Crippen molar-refractivity contribution in [2.24, 2.45) is 5.92 Å². The molecular formula is C35H46FN5O9S. The van der Waals surface area contributed by atoms with Crippen LogP contribution in [0.2, 0.25) is 0 Å². The summed E-state index contributed by atoms with van der Waals surface area (Å²) >= 11 is 0. The van der Waals surface area contributed by atoms with E-state index in [0.717, 1.165) is 12.8 Å². The molecule has 278 valence electrons. The van der Waals surface area contributed by atoms with Crippen molar-refractivity contribution in [3.05, 3.63) is 47.3 Å². The fraction of sp³-hybridized carbons (Fsp3) is 0.629. The van der Waals surface area contributed by atoms with Gasteiger partial charge in [0.05, 0.1) is 18.3 Å². The highest BCUT2D eigenvalue weighted by molar-refractivity contribution is 7.91. The first-order valence-electron chi connectivity index (χ1n) is 17.6. The van der Waals surface area contributed by atoms with Crippen LogP contribution >= 0.6 is 0 Å². The lowest BCUT2D eigenvalue weighted by Gasteiger charge is -2.30. The summed E-state index contributed by atoms with van der Waals surface area (Å²) in [4.78, 5) is 70.8. The number of ether oxygens (including phenoxy) is 2. The van der Waals surface area contributed by atoms with Gasteiger partial charge in [0.1, 0.15) is 35.1 Å². The van der Waals surface area contributed by atoms with Gasteiger partial charge in [0.2, 0.25) is 21.8 Å². The van der Waals surface area contributed by atoms with E-state index < -0.39 is 86.2 Å². The Morgan fingerprint density at radius 2 is 1.82 bits per heavy atom. The number of fused-ring (bicyclic) bond motifs is 3. The predicted octanol–water partition coefficient (Wildman–Crippen LogP) is 3.14. The number of nitrogens with one attached hydrogen (secondary N) is 3. The molecule has 1 aromatic carbocycles. The van der Waals surface area contributed by atoms with Crippen molar-refractivity contribution in [2.45, 2.75) is 126 Å². The van der Waals surface area contributed by atoms with Gasteiger partial charge in [-0.05, 0) is 70.9 Å². The summed E-state index contributed by atoms with van der Waals surface area (Å²) in [5.41, 5.74) is -1.36. The number of allylic oxidation sites excluding steroid dienone is 1. The number of halogens is 1. The number of hydrogen-bond acceptors (Lipinski definition) is 9. The third-order valence-corrected chi connectivity index (χ3v) is 11.8. The maximum absolute atomic E-state index is 14.4. The maximum Gasteiger partial charge on any atom is 0.410 e. The molecule has 5 amide bonds. The largest absolute Gasteiger partial charge is 0.444 e. The lowest BCUT2D eigenvalue weighted by molar-refractivity contribution is -0.141. The summed E-state index contributed by atoms with van der Waals surface area (Å²) in [6.07, 6.45) is 5.10. The molecule has 3 heterocycles. The topological polar surface area (TPSA) is 181 Å². The summed E-state index contributed by atoms with van der Waals surface area (Å²) in [6, 6.07) is 2.30. The molecule has 14 nitrogen and oxygen atoms in total. The zero-order valence-corrected chi connectivity index (χ0v) is 29.9. The Bertz CT molecular complexity index is 1730. The average Bonchev–Trinajstić information content (AvgIpc) is 3.93. The van der Waals surface area contributed by atoms with E-state index in [4.69, 9.17) is 9.47 Å². The fourth-order valence-corrected chi connectivity index (χ4v) is 8.39. The van der Waals surface area contributed by atoms with E-state index in [-0.39, 0.29) is 38.9 Å². The van der Waals surface area contributed by atoms with E-state index in [1.807, 2.05) is 12.2 Å². The molecule has 3 fully saturated rings. The normalized spacial score (nSPS) is 28.9. The van der Waals surface area contributed by atoms with Crippen LogP contribution in [-0.4, -0.2) is 89.2 Å². The van der Waals surface area contributed by atoms with E-state index in [1.54, 1.807) is 32.9 Å². The quantitative estimate of drug-likeness (QED) is 0.384. The number of carbonyl (C=O) groups is 5. The first kappa shape index (κ1) is 36.6. The first-order valence-corrected chi connectivity index (χ1v) is 19.2. The number of hydrogen-bond donors (Lipinski definition) is 3. The molecule has 0 aromatic heterocycles. The van der Waals surface area contributed by atoms with Gasteiger partial charge >= 0.3 is 12.2 Å². The molecule has 6 rings (SSSR count). The Hall–Kier alpha value is -4.21. The fourth-order valence-electron chi connectivity index (χ4n) is 7.02. The van der Waals surface area contributed by atoms with E-state index >= 15 is 0 Å². The van der Waals surface area contributed by atoms with Crippen LogP contribution in [-0.2, 0) is 47.0 Å². The van der Waals surface area contributed by atoms with Crippen molar-refractivity contribution < 1.29 is 46.3 Å². The molecule has 0 bridgehead atoms. The van der Waals surface area contributed by atoms with E-state index in [9.17, 15) is 36.8 Å². The predicted molar refractivity (Wildman–Crippen MR) is 180 cm³/mol. The number of benzene rings is 1. The van der Waals surface area contributed by atoms with Gasteiger partial charge in [-0.15, -0.1) is 0 Å². The molecule has 51 heavy (non-hydrogen) atoms. The number of rotatable bonds is 5. The Kier molecular flexibility index (Phi) is 10.1. The lowest BCUT2D eigenvalue weighted by Crippen LogP contribution is -2.58. The number of sulfonamides is 1. The van der Waals surface area contributed by atoms with Gasteiger partial charge in [-0.3, -0.25) is 24.0 Å². The zero-order chi connectivity index (χ0) is 36.7. The van der Waals surface area contributed by atoms with Gasteiger partial charge < -0.3 is 25.0 Å². The summed E-state index contributed by atoms with van der Waals surface area (Å²) in [5, 5.41) is 4.79. The first-order chi connectivity index (χ1) is 24.1. The number of amides is 5. The highest BCUT2D eigenvalue weighted by Gasteiger charge is 2.62. The van der Waals surface area contributed by atoms with Crippen LogP contribution in [0.5, 0.6) is 0 Å². The van der Waals surface area contributed by atoms with Crippen LogP contribution < -0.4 is 15.4 Å². The van der Waals surface area contributed by atoms with Crippen LogP contribution in [0.4, 0.5) is 14.0 Å². The summed E-state index contributed by atoms with van der Waals surface area (Å²) in [6.45, 7) is 5.01. The van der Waals surface area contributed by atoms with Crippen LogP contribution in [0.1, 0.15) is 89.7 Å². The standard InChI is InChI=1S/C35H46FN5O9S/c1-34(2,3)50-32(45)37-27-13-8-6-4-5-7-11-22-17-35(22,31(44)39-51(47,48)24-14-15-24)38-29(42)28-16-23(19-41(28)30(27)43)49-33(46)40-18-21-10-9-12-26(36)25(21)20-40/h7,9-12,22-24,27-28H,4-6,8,13-20H2,1-3H3,(H,37,45)(H,38,42)(H,39,44)/b11-7-/t22-,23?,27?,28?,35?/m1/s1. The van der Waals surface area contributed by atoms with E-state index in [2.05, 4.69) is 15.4 Å². The maximum atomic E-state index is 14.4. The van der Waals surface area contributed by atoms with Gasteiger partial charge in [-0.2, -0.15) is 0 Å². The minimum absolute atomic E-state index is 0.00168. The minimum atomic E-state index is -3.92. The molecule has 16 heteroatoms. The Morgan fingerprint density at radius 1 is 1.06 bits per heavy atom. The molecule has 0 spiro atoms. The van der Waals surface area contributed by atoms with Crippen molar-refractivity contribution in [3.8, 4) is 0 Å². The van der Waals surface area contributed by atoms with E-state index in [1.165, 1.54) is 15.9 Å². The average molecular weight is 732 g/mol. The Labute approximate surface area is 296 Å². The second-order valence-electron chi connectivity index (χ2n) is 15.2. The molecule has 3 aliphatic heterocycles. The van der Waals surface area contributed by atoms with Crippen molar-refractivity contribution in [1.29, 1.82) is 0 Å². The van der Waals surface area contributed by atoms with Gasteiger partial charge in [0.15, 0.2) is 0 Å². The Balaban J connectivity index is 1.25. The molecular weight excluding hydrogens is 685 g/mol. The molecule has 2 saturated carbocycles. The number of carbonyl (C=O) groups excluding carboxylic acids is 5. The highest BCUT2D eigenvalue weighted by atomic mass is 32.2. The van der Waals surface area contributed by atoms with Crippen LogP contribution in [0.15, 0.2) is 30.4 Å². The molecule has 4 unspecified atom stereocenters. The molecule has 1 saturated heterocycles. The molecule has 5 aliphatic rings. The zero-order valence-electron chi connectivity index (χ0n) is 29.1. The third-order valence-electron chi connectivity index (χ3n) is 9.99. The molecule has 3 N–H and O–H groups in total. The van der Waals surface area contributed by atoms with Crippen LogP contribution in [0.25, 0.3) is 0 Å². The van der Waals surface area contributed by atoms with Gasteiger partial charge in [-0.25, -0.2) is 22.4 Å². The highest BCUT2D eigenvalue weighted by Crippen LogP contribution is 2.46. The van der Waals surface area contributed by atoms with Gasteiger partial charge in [0, 0.05) is 24.4 Å². The van der Waals surface area contributed by atoms with E-state index in [0.29, 0.717) is 36.8 Å². The molecule has 0 radical (unpaired) electrons. The minimum Gasteiger partial charge on any atom is -0.444 e. The monoisotopic (exact) mass is 731 g/mol. The summed E-state index contributed by atoms with van der Waals surface area (Å²) in [7, 11) is -3.92. The van der Waals surface area contributed by atoms with Crippen molar-refractivity contribution in [2.75, 3.05) is 6.54 Å². The molecule has 1 aromatic rings. The second kappa shape index (κ2) is 14.1. The molecule has 5 atom stereocenters. The smallest absolute Gasteiger partial charge is 0.410 e. The summed E-state index contributed by atoms with van der Waals surface area (Å²) < 4.78 is 53.3. The summed E-state index contributed by atoms with van der Waals surface area (Å²) in [5.74, 6) is -3.06.